The van der Waals surface area contributed by atoms with Gasteiger partial charge in [-0.1, -0.05) is 26.7 Å². The number of ether oxygens (including phenoxy) is 1. The molecule has 2 N–H and O–H groups in total. The minimum atomic E-state index is 0. The van der Waals surface area contributed by atoms with E-state index in [4.69, 9.17) is 4.74 Å². The number of hydrogen-bond donors (Lipinski definition) is 2. The van der Waals surface area contributed by atoms with Crippen LogP contribution < -0.4 is 10.6 Å². The predicted molar refractivity (Wildman–Crippen MR) is 90.0 cm³/mol. The van der Waals surface area contributed by atoms with Crippen molar-refractivity contribution in [3.63, 3.8) is 0 Å². The molecule has 0 aliphatic heterocycles. The Hall–Kier alpha value is -0.0400. The Labute approximate surface area is 129 Å². The summed E-state index contributed by atoms with van der Waals surface area (Å²) in [7, 11) is 1.71. The molecule has 18 heavy (non-hydrogen) atoms. The third kappa shape index (κ3) is 14.0. The lowest BCUT2D eigenvalue weighted by atomic mass is 10.1. The van der Waals surface area contributed by atoms with Crippen LogP contribution in [0, 0.1) is 5.92 Å². The molecule has 0 saturated heterocycles. The van der Waals surface area contributed by atoms with E-state index >= 15 is 0 Å². The fourth-order valence-electron chi connectivity index (χ4n) is 1.47. The largest absolute Gasteiger partial charge is 0.383 e. The highest BCUT2D eigenvalue weighted by molar-refractivity contribution is 14.0. The number of unbranched alkanes of at least 4 members (excludes halogenated alkanes) is 1. The summed E-state index contributed by atoms with van der Waals surface area (Å²) in [6, 6.07) is 0. The minimum absolute atomic E-state index is 0. The Bertz CT molecular complexity index is 199. The van der Waals surface area contributed by atoms with Gasteiger partial charge < -0.3 is 15.4 Å². The van der Waals surface area contributed by atoms with E-state index in [2.05, 4.69) is 36.4 Å². The quantitative estimate of drug-likeness (QED) is 0.284. The second kappa shape index (κ2) is 15.0. The van der Waals surface area contributed by atoms with Crippen LogP contribution in [0.5, 0.6) is 0 Å². The maximum atomic E-state index is 4.99. The van der Waals surface area contributed by atoms with Crippen LogP contribution in [0.1, 0.15) is 40.0 Å². The lowest BCUT2D eigenvalue weighted by Crippen LogP contribution is -2.39. The summed E-state index contributed by atoms with van der Waals surface area (Å²) in [6.07, 6.45) is 3.72. The molecule has 0 aromatic carbocycles. The molecular formula is C13H30IN3O. The molecule has 0 aliphatic carbocycles. The van der Waals surface area contributed by atoms with Gasteiger partial charge in [-0.2, -0.15) is 0 Å². The third-order valence-corrected chi connectivity index (χ3v) is 2.40. The molecule has 0 rings (SSSR count). The Morgan fingerprint density at radius 3 is 2.50 bits per heavy atom. The molecule has 0 bridgehead atoms. The van der Waals surface area contributed by atoms with Crippen molar-refractivity contribution in [3.05, 3.63) is 0 Å². The minimum Gasteiger partial charge on any atom is -0.383 e. The second-order valence-electron chi connectivity index (χ2n) is 4.57. The number of nitrogens with zero attached hydrogens (tertiary/aromatic N) is 1. The number of nitrogens with one attached hydrogen (secondary N) is 2. The highest BCUT2D eigenvalue weighted by atomic mass is 127. The Morgan fingerprint density at radius 2 is 1.94 bits per heavy atom. The highest BCUT2D eigenvalue weighted by Gasteiger charge is 1.96. The van der Waals surface area contributed by atoms with Crippen LogP contribution in [0.2, 0.25) is 0 Å². The van der Waals surface area contributed by atoms with Crippen LogP contribution in [-0.4, -0.2) is 39.3 Å². The number of guanidine groups is 1. The van der Waals surface area contributed by atoms with E-state index < -0.39 is 0 Å². The van der Waals surface area contributed by atoms with Gasteiger partial charge in [0.1, 0.15) is 0 Å². The predicted octanol–water partition coefficient (Wildman–Crippen LogP) is 2.63. The maximum absolute atomic E-state index is 4.99. The van der Waals surface area contributed by atoms with Crippen molar-refractivity contribution >= 4 is 29.9 Å². The molecule has 110 valence electrons. The van der Waals surface area contributed by atoms with Crippen molar-refractivity contribution < 1.29 is 4.74 Å². The van der Waals surface area contributed by atoms with E-state index in [1.807, 2.05) is 0 Å². The molecule has 0 unspecified atom stereocenters. The topological polar surface area (TPSA) is 45.7 Å². The fourth-order valence-corrected chi connectivity index (χ4v) is 1.47. The van der Waals surface area contributed by atoms with Crippen molar-refractivity contribution in [2.45, 2.75) is 40.0 Å². The lowest BCUT2D eigenvalue weighted by molar-refractivity contribution is 0.203. The Balaban J connectivity index is 0. The second-order valence-corrected chi connectivity index (χ2v) is 4.57. The average Bonchev–Trinajstić information content (AvgIpc) is 2.28. The van der Waals surface area contributed by atoms with Gasteiger partial charge in [0.15, 0.2) is 5.96 Å². The molecule has 0 amide bonds. The normalized spacial score (nSPS) is 11.3. The third-order valence-electron chi connectivity index (χ3n) is 2.40. The SMILES string of the molecule is CCNC(=NCCCCC(C)C)NCCOC.I. The van der Waals surface area contributed by atoms with Crippen molar-refractivity contribution in [2.24, 2.45) is 10.9 Å². The standard InChI is InChI=1S/C13H29N3O.HI/c1-5-14-13(16-10-11-17-4)15-9-7-6-8-12(2)3;/h12H,5-11H2,1-4H3,(H2,14,15,16);1H. The zero-order chi connectivity index (χ0) is 12.9. The van der Waals surface area contributed by atoms with Crippen LogP contribution in [0.3, 0.4) is 0 Å². The van der Waals surface area contributed by atoms with Crippen LogP contribution in [0.4, 0.5) is 0 Å². The van der Waals surface area contributed by atoms with E-state index in [1.54, 1.807) is 7.11 Å². The van der Waals surface area contributed by atoms with Crippen molar-refractivity contribution in [3.8, 4) is 0 Å². The number of aliphatic imine (C=N–C) groups is 1. The molecule has 0 radical (unpaired) electrons. The zero-order valence-electron chi connectivity index (χ0n) is 12.3. The van der Waals surface area contributed by atoms with Gasteiger partial charge in [0.05, 0.1) is 6.61 Å². The molecule has 0 aromatic heterocycles. The number of methoxy groups -OCH3 is 1. The lowest BCUT2D eigenvalue weighted by Gasteiger charge is -2.10. The summed E-state index contributed by atoms with van der Waals surface area (Å²) in [4.78, 5) is 4.52. The molecule has 0 aliphatic rings. The number of halogens is 1. The molecule has 0 spiro atoms. The van der Waals surface area contributed by atoms with Gasteiger partial charge in [-0.15, -0.1) is 24.0 Å². The van der Waals surface area contributed by atoms with Crippen LogP contribution in [0.15, 0.2) is 4.99 Å². The van der Waals surface area contributed by atoms with Crippen molar-refractivity contribution in [2.75, 3.05) is 33.4 Å². The van der Waals surface area contributed by atoms with Gasteiger partial charge >= 0.3 is 0 Å². The summed E-state index contributed by atoms with van der Waals surface area (Å²) in [5.41, 5.74) is 0. The monoisotopic (exact) mass is 371 g/mol. The van der Waals surface area contributed by atoms with Gasteiger partial charge in [0, 0.05) is 26.7 Å². The molecule has 5 heteroatoms. The number of hydrogen-bond acceptors (Lipinski definition) is 2. The Morgan fingerprint density at radius 1 is 1.22 bits per heavy atom. The summed E-state index contributed by atoms with van der Waals surface area (Å²) >= 11 is 0. The molecule has 0 atom stereocenters. The van der Waals surface area contributed by atoms with Crippen LogP contribution in [-0.2, 0) is 4.74 Å². The van der Waals surface area contributed by atoms with E-state index in [0.717, 1.165) is 31.5 Å². The first-order chi connectivity index (χ1) is 8.20. The van der Waals surface area contributed by atoms with E-state index in [1.165, 1.54) is 19.3 Å². The molecule has 0 heterocycles. The van der Waals surface area contributed by atoms with E-state index in [-0.39, 0.29) is 24.0 Å². The Kier molecular flexibility index (Phi) is 16.9. The summed E-state index contributed by atoms with van der Waals surface area (Å²) in [5, 5.41) is 6.46. The van der Waals surface area contributed by atoms with Crippen molar-refractivity contribution in [1.82, 2.24) is 10.6 Å². The smallest absolute Gasteiger partial charge is 0.191 e. The van der Waals surface area contributed by atoms with E-state index in [9.17, 15) is 0 Å². The fraction of sp³-hybridized carbons (Fsp3) is 0.923. The first-order valence-electron chi connectivity index (χ1n) is 6.71. The first kappa shape index (κ1) is 20.3. The van der Waals surface area contributed by atoms with Crippen LogP contribution >= 0.6 is 24.0 Å². The first-order valence-corrected chi connectivity index (χ1v) is 6.71. The summed E-state index contributed by atoms with van der Waals surface area (Å²) in [5.74, 6) is 1.70. The summed E-state index contributed by atoms with van der Waals surface area (Å²) < 4.78 is 4.99. The molecule has 0 saturated carbocycles. The van der Waals surface area contributed by atoms with Crippen molar-refractivity contribution in [1.29, 1.82) is 0 Å². The molecular weight excluding hydrogens is 341 g/mol. The van der Waals surface area contributed by atoms with Crippen LogP contribution in [0.25, 0.3) is 0 Å². The average molecular weight is 371 g/mol. The van der Waals surface area contributed by atoms with Gasteiger partial charge in [-0.3, -0.25) is 4.99 Å². The summed E-state index contributed by atoms with van der Waals surface area (Å²) in [6.45, 7) is 9.90. The van der Waals surface area contributed by atoms with Gasteiger partial charge in [0.25, 0.3) is 0 Å². The maximum Gasteiger partial charge on any atom is 0.191 e. The zero-order valence-corrected chi connectivity index (χ0v) is 14.6. The molecule has 4 nitrogen and oxygen atoms in total. The molecule has 0 fully saturated rings. The van der Waals surface area contributed by atoms with Gasteiger partial charge in [0.2, 0.25) is 0 Å². The number of rotatable bonds is 9. The van der Waals surface area contributed by atoms with Gasteiger partial charge in [-0.05, 0) is 19.3 Å². The highest BCUT2D eigenvalue weighted by Crippen LogP contribution is 2.05. The van der Waals surface area contributed by atoms with E-state index in [0.29, 0.717) is 6.61 Å². The van der Waals surface area contributed by atoms with Gasteiger partial charge in [-0.25, -0.2) is 0 Å². The molecule has 0 aromatic rings.